The molecule has 11 heteroatoms. The number of nitro groups is 1. The standard InChI is InChI=1S/C20H21ClN4O5S/c1-14(15-2-6-18(7-3-15)25(27)28)22-23-20(26)16-10-12-24(13-11-16)31(29,30)19-8-4-17(21)5-9-19/h2-9,16H,10-13H2,1H3,(H,23,26)/b22-14+. The number of carbonyl (C=O) groups is 1. The molecular weight excluding hydrogens is 444 g/mol. The Morgan fingerprint density at radius 3 is 2.26 bits per heavy atom. The smallest absolute Gasteiger partial charge is 0.269 e. The molecule has 1 N–H and O–H groups in total. The van der Waals surface area contributed by atoms with Crippen LogP contribution in [0.4, 0.5) is 5.69 Å². The number of hydrazone groups is 1. The molecule has 2 aromatic carbocycles. The number of halogens is 1. The third kappa shape index (κ3) is 5.46. The van der Waals surface area contributed by atoms with Crippen molar-refractivity contribution in [3.8, 4) is 0 Å². The van der Waals surface area contributed by atoms with Gasteiger partial charge in [0.25, 0.3) is 5.69 Å². The highest BCUT2D eigenvalue weighted by atomic mass is 35.5. The summed E-state index contributed by atoms with van der Waals surface area (Å²) in [4.78, 5) is 22.9. The van der Waals surface area contributed by atoms with Gasteiger partial charge < -0.3 is 0 Å². The summed E-state index contributed by atoms with van der Waals surface area (Å²) in [6, 6.07) is 11.8. The van der Waals surface area contributed by atoms with Gasteiger partial charge in [0, 0.05) is 36.2 Å². The highest BCUT2D eigenvalue weighted by Crippen LogP contribution is 2.25. The molecule has 1 saturated heterocycles. The summed E-state index contributed by atoms with van der Waals surface area (Å²) in [5.41, 5.74) is 3.64. The predicted octanol–water partition coefficient (Wildman–Crippen LogP) is 3.19. The van der Waals surface area contributed by atoms with Gasteiger partial charge in [0.15, 0.2) is 0 Å². The second-order valence-corrected chi connectivity index (χ2v) is 9.48. The first kappa shape index (κ1) is 22.9. The quantitative estimate of drug-likeness (QED) is 0.399. The molecule has 0 saturated carbocycles. The molecule has 3 rings (SSSR count). The van der Waals surface area contributed by atoms with Crippen LogP contribution in [0.5, 0.6) is 0 Å². The highest BCUT2D eigenvalue weighted by molar-refractivity contribution is 7.89. The maximum atomic E-state index is 12.7. The summed E-state index contributed by atoms with van der Waals surface area (Å²) in [6.07, 6.45) is 0.759. The van der Waals surface area contributed by atoms with Gasteiger partial charge in [-0.1, -0.05) is 11.6 Å². The third-order valence-corrected chi connectivity index (χ3v) is 7.27. The molecular formula is C20H21ClN4O5S. The molecule has 0 bridgehead atoms. The zero-order chi connectivity index (χ0) is 22.6. The molecule has 2 aromatic rings. The van der Waals surface area contributed by atoms with E-state index in [-0.39, 0.29) is 35.5 Å². The van der Waals surface area contributed by atoms with Gasteiger partial charge >= 0.3 is 0 Å². The summed E-state index contributed by atoms with van der Waals surface area (Å²) in [5.74, 6) is -0.644. The van der Waals surface area contributed by atoms with E-state index in [1.54, 1.807) is 19.1 Å². The minimum absolute atomic E-state index is 0.0269. The van der Waals surface area contributed by atoms with Crippen molar-refractivity contribution in [2.45, 2.75) is 24.7 Å². The van der Waals surface area contributed by atoms with Crippen LogP contribution in [0.1, 0.15) is 25.3 Å². The van der Waals surface area contributed by atoms with Gasteiger partial charge in [0.2, 0.25) is 15.9 Å². The number of non-ortho nitro benzene ring substituents is 1. The van der Waals surface area contributed by atoms with E-state index in [9.17, 15) is 23.3 Å². The van der Waals surface area contributed by atoms with Crippen LogP contribution >= 0.6 is 11.6 Å². The van der Waals surface area contributed by atoms with Crippen molar-refractivity contribution in [2.24, 2.45) is 11.0 Å². The molecule has 0 spiro atoms. The maximum Gasteiger partial charge on any atom is 0.269 e. The number of benzene rings is 2. The fourth-order valence-electron chi connectivity index (χ4n) is 3.23. The molecule has 0 aliphatic carbocycles. The van der Waals surface area contributed by atoms with E-state index in [1.165, 1.54) is 40.7 Å². The van der Waals surface area contributed by atoms with E-state index in [0.717, 1.165) is 0 Å². The van der Waals surface area contributed by atoms with E-state index in [2.05, 4.69) is 10.5 Å². The summed E-state index contributed by atoms with van der Waals surface area (Å²) in [6.45, 7) is 2.14. The van der Waals surface area contributed by atoms with E-state index in [1.807, 2.05) is 0 Å². The van der Waals surface area contributed by atoms with Gasteiger partial charge in [-0.2, -0.15) is 9.41 Å². The van der Waals surface area contributed by atoms with Gasteiger partial charge in [0.05, 0.1) is 15.5 Å². The van der Waals surface area contributed by atoms with Crippen LogP contribution in [-0.2, 0) is 14.8 Å². The Bertz CT molecular complexity index is 1090. The summed E-state index contributed by atoms with van der Waals surface area (Å²) < 4.78 is 26.8. The van der Waals surface area contributed by atoms with Gasteiger partial charge in [-0.3, -0.25) is 14.9 Å². The molecule has 31 heavy (non-hydrogen) atoms. The van der Waals surface area contributed by atoms with Gasteiger partial charge in [0.1, 0.15) is 0 Å². The lowest BCUT2D eigenvalue weighted by Gasteiger charge is -2.30. The fraction of sp³-hybridized carbons (Fsp3) is 0.300. The Balaban J connectivity index is 1.56. The van der Waals surface area contributed by atoms with Crippen molar-refractivity contribution in [1.29, 1.82) is 0 Å². The number of rotatable bonds is 6. The number of nitro benzene ring substituents is 1. The van der Waals surface area contributed by atoms with E-state index in [4.69, 9.17) is 11.6 Å². The molecule has 0 aromatic heterocycles. The van der Waals surface area contributed by atoms with Crippen molar-refractivity contribution < 1.29 is 18.1 Å². The maximum absolute atomic E-state index is 12.7. The number of nitrogens with one attached hydrogen (secondary N) is 1. The van der Waals surface area contributed by atoms with Crippen LogP contribution in [0.25, 0.3) is 0 Å². The number of carbonyl (C=O) groups excluding carboxylic acids is 1. The summed E-state index contributed by atoms with van der Waals surface area (Å²) >= 11 is 5.82. The Morgan fingerprint density at radius 2 is 1.71 bits per heavy atom. The Morgan fingerprint density at radius 1 is 1.13 bits per heavy atom. The van der Waals surface area contributed by atoms with Crippen LogP contribution in [0.2, 0.25) is 5.02 Å². The molecule has 0 radical (unpaired) electrons. The lowest BCUT2D eigenvalue weighted by molar-refractivity contribution is -0.384. The average molecular weight is 465 g/mol. The second kappa shape index (κ2) is 9.54. The van der Waals surface area contributed by atoms with Gasteiger partial charge in [-0.15, -0.1) is 0 Å². The Kier molecular flexibility index (Phi) is 7.04. The number of nitrogens with zero attached hydrogens (tertiary/aromatic N) is 3. The van der Waals surface area contributed by atoms with Crippen molar-refractivity contribution in [3.63, 3.8) is 0 Å². The summed E-state index contributed by atoms with van der Waals surface area (Å²) in [7, 11) is -3.63. The van der Waals surface area contributed by atoms with Crippen molar-refractivity contribution in [2.75, 3.05) is 13.1 Å². The largest absolute Gasteiger partial charge is 0.273 e. The Labute approximate surface area is 184 Å². The monoisotopic (exact) mass is 464 g/mol. The molecule has 1 aliphatic rings. The summed E-state index contributed by atoms with van der Waals surface area (Å²) in [5, 5.41) is 15.3. The topological polar surface area (TPSA) is 122 Å². The lowest BCUT2D eigenvalue weighted by Crippen LogP contribution is -2.42. The van der Waals surface area contributed by atoms with Gasteiger partial charge in [-0.25, -0.2) is 13.8 Å². The molecule has 1 fully saturated rings. The van der Waals surface area contributed by atoms with Crippen molar-refractivity contribution in [1.82, 2.24) is 9.73 Å². The molecule has 0 unspecified atom stereocenters. The first-order chi connectivity index (χ1) is 14.7. The number of hydrogen-bond acceptors (Lipinski definition) is 6. The van der Waals surface area contributed by atoms with Crippen molar-refractivity contribution in [3.05, 3.63) is 69.2 Å². The third-order valence-electron chi connectivity index (χ3n) is 5.11. The molecule has 1 aliphatic heterocycles. The number of hydrogen-bond donors (Lipinski definition) is 1. The normalized spacial score (nSPS) is 16.1. The molecule has 164 valence electrons. The molecule has 1 amide bonds. The molecule has 0 atom stereocenters. The molecule has 1 heterocycles. The number of amides is 1. The van der Waals surface area contributed by atoms with Crippen LogP contribution in [0.15, 0.2) is 58.5 Å². The average Bonchev–Trinajstić information content (AvgIpc) is 2.77. The predicted molar refractivity (Wildman–Crippen MR) is 116 cm³/mol. The number of piperidine rings is 1. The zero-order valence-corrected chi connectivity index (χ0v) is 18.3. The minimum Gasteiger partial charge on any atom is -0.273 e. The van der Waals surface area contributed by atoms with E-state index < -0.39 is 14.9 Å². The SMILES string of the molecule is C/C(=N\NC(=O)C1CCN(S(=O)(=O)c2ccc(Cl)cc2)CC1)c1ccc([N+](=O)[O-])cc1. The first-order valence-corrected chi connectivity index (χ1v) is 11.3. The minimum atomic E-state index is -3.63. The van der Waals surface area contributed by atoms with Crippen LogP contribution in [0.3, 0.4) is 0 Å². The zero-order valence-electron chi connectivity index (χ0n) is 16.7. The second-order valence-electron chi connectivity index (χ2n) is 7.11. The fourth-order valence-corrected chi connectivity index (χ4v) is 4.83. The van der Waals surface area contributed by atoms with E-state index >= 15 is 0 Å². The molecule has 9 nitrogen and oxygen atoms in total. The highest BCUT2D eigenvalue weighted by Gasteiger charge is 2.32. The van der Waals surface area contributed by atoms with Crippen LogP contribution < -0.4 is 5.43 Å². The first-order valence-electron chi connectivity index (χ1n) is 9.53. The van der Waals surface area contributed by atoms with Crippen molar-refractivity contribution >= 4 is 38.9 Å². The number of sulfonamides is 1. The van der Waals surface area contributed by atoms with E-state index in [0.29, 0.717) is 29.1 Å². The van der Waals surface area contributed by atoms with Crippen LogP contribution in [0, 0.1) is 16.0 Å². The Hall–Kier alpha value is -2.82. The van der Waals surface area contributed by atoms with Gasteiger partial charge in [-0.05, 0) is 61.7 Å². The van der Waals surface area contributed by atoms with Crippen LogP contribution in [-0.4, -0.2) is 42.4 Å². The lowest BCUT2D eigenvalue weighted by atomic mass is 9.98.